The van der Waals surface area contributed by atoms with E-state index in [2.05, 4.69) is 34.5 Å². The number of nitrogens with zero attached hydrogens (tertiary/aromatic N) is 3. The molecule has 1 aliphatic rings. The highest BCUT2D eigenvalue weighted by molar-refractivity contribution is 8.00. The summed E-state index contributed by atoms with van der Waals surface area (Å²) in [6, 6.07) is 45.3. The molecule has 1 aromatic heterocycles. The number of hydrogen-bond acceptors (Lipinski definition) is 9. The number of aryl methyl sites for hydroxylation is 1. The summed E-state index contributed by atoms with van der Waals surface area (Å²) < 4.78 is 12.7. The van der Waals surface area contributed by atoms with Crippen LogP contribution in [-0.4, -0.2) is 27.0 Å². The fourth-order valence-electron chi connectivity index (χ4n) is 6.55. The molecule has 1 N–H and O–H groups in total. The van der Waals surface area contributed by atoms with Crippen molar-refractivity contribution in [2.45, 2.75) is 36.3 Å². The van der Waals surface area contributed by atoms with Crippen molar-refractivity contribution in [2.24, 2.45) is 0 Å². The van der Waals surface area contributed by atoms with E-state index in [1.54, 1.807) is 48.5 Å². The smallest absolute Gasteiger partial charge is 0.301 e. The number of fused-ring (bicyclic) bond motifs is 1. The first kappa shape index (κ1) is 35.8. The van der Waals surface area contributed by atoms with E-state index in [1.165, 1.54) is 28.0 Å². The molecule has 0 bridgehead atoms. The van der Waals surface area contributed by atoms with Gasteiger partial charge in [0.1, 0.15) is 30.5 Å². The Morgan fingerprint density at radius 1 is 0.727 bits per heavy atom. The highest BCUT2D eigenvalue weighted by Gasteiger charge is 2.48. The van der Waals surface area contributed by atoms with Gasteiger partial charge in [-0.15, -0.1) is 10.2 Å². The van der Waals surface area contributed by atoms with Crippen LogP contribution in [0.15, 0.2) is 156 Å². The SMILES string of the molecule is Cc1ccccc1COc1ccc(C(O)=C2C(=O)C(=O)N(c3nnc(SCc4cccc5ccccc45)s3)C2c2ccc(OCc3ccccc3)cc2)cc1. The maximum Gasteiger partial charge on any atom is 0.301 e. The lowest BCUT2D eigenvalue weighted by atomic mass is 9.95. The molecule has 1 fully saturated rings. The number of aliphatic hydroxyl groups is 1. The average molecular weight is 762 g/mol. The minimum Gasteiger partial charge on any atom is -0.507 e. The van der Waals surface area contributed by atoms with Gasteiger partial charge in [-0.1, -0.05) is 132 Å². The van der Waals surface area contributed by atoms with Crippen molar-refractivity contribution >= 4 is 56.5 Å². The molecule has 272 valence electrons. The van der Waals surface area contributed by atoms with Crippen molar-refractivity contribution in [1.82, 2.24) is 10.2 Å². The quantitative estimate of drug-likeness (QED) is 0.0432. The van der Waals surface area contributed by atoms with Gasteiger partial charge >= 0.3 is 5.91 Å². The lowest BCUT2D eigenvalue weighted by Crippen LogP contribution is -2.29. The first-order valence-corrected chi connectivity index (χ1v) is 19.5. The summed E-state index contributed by atoms with van der Waals surface area (Å²) in [6.07, 6.45) is 0. The zero-order chi connectivity index (χ0) is 37.7. The van der Waals surface area contributed by atoms with E-state index >= 15 is 0 Å². The molecule has 0 saturated carbocycles. The van der Waals surface area contributed by atoms with Gasteiger partial charge in [0.15, 0.2) is 4.34 Å². The van der Waals surface area contributed by atoms with Crippen molar-refractivity contribution in [2.75, 3.05) is 4.90 Å². The van der Waals surface area contributed by atoms with Crippen molar-refractivity contribution in [3.63, 3.8) is 0 Å². The Morgan fingerprint density at radius 2 is 1.38 bits per heavy atom. The van der Waals surface area contributed by atoms with Crippen molar-refractivity contribution in [3.05, 3.63) is 185 Å². The van der Waals surface area contributed by atoms with Crippen LogP contribution in [0, 0.1) is 6.92 Å². The third kappa shape index (κ3) is 7.73. The maximum absolute atomic E-state index is 13.9. The molecule has 0 spiro atoms. The molecule has 55 heavy (non-hydrogen) atoms. The Bertz CT molecular complexity index is 2510. The monoisotopic (exact) mass is 761 g/mol. The van der Waals surface area contributed by atoms with Crippen LogP contribution in [0.3, 0.4) is 0 Å². The van der Waals surface area contributed by atoms with E-state index in [0.717, 1.165) is 33.0 Å². The molecular weight excluding hydrogens is 727 g/mol. The van der Waals surface area contributed by atoms with E-state index in [0.29, 0.717) is 45.9 Å². The molecule has 8 rings (SSSR count). The van der Waals surface area contributed by atoms with Gasteiger partial charge < -0.3 is 14.6 Å². The minimum absolute atomic E-state index is 0.0447. The van der Waals surface area contributed by atoms with E-state index in [9.17, 15) is 14.7 Å². The summed E-state index contributed by atoms with van der Waals surface area (Å²) in [5, 5.41) is 23.2. The second kappa shape index (κ2) is 16.0. The average Bonchev–Trinajstić information content (AvgIpc) is 3.80. The van der Waals surface area contributed by atoms with Gasteiger partial charge in [-0.2, -0.15) is 0 Å². The van der Waals surface area contributed by atoms with Crippen LogP contribution in [-0.2, 0) is 28.6 Å². The number of aromatic nitrogens is 2. The number of benzene rings is 6. The Balaban J connectivity index is 1.09. The van der Waals surface area contributed by atoms with Gasteiger partial charge in [0.2, 0.25) is 5.13 Å². The first-order chi connectivity index (χ1) is 26.9. The van der Waals surface area contributed by atoms with Crippen LogP contribution < -0.4 is 14.4 Å². The number of anilines is 1. The molecule has 0 radical (unpaired) electrons. The molecule has 1 unspecified atom stereocenters. The number of hydrogen-bond donors (Lipinski definition) is 1. The first-order valence-electron chi connectivity index (χ1n) is 17.7. The Morgan fingerprint density at radius 3 is 2.16 bits per heavy atom. The normalized spacial score (nSPS) is 15.1. The second-order valence-corrected chi connectivity index (χ2v) is 15.2. The molecule has 2 heterocycles. The molecule has 8 nitrogen and oxygen atoms in total. The number of aliphatic hydroxyl groups excluding tert-OH is 1. The van der Waals surface area contributed by atoms with Crippen molar-refractivity contribution < 1.29 is 24.2 Å². The zero-order valence-electron chi connectivity index (χ0n) is 29.8. The second-order valence-electron chi connectivity index (χ2n) is 13.0. The third-order valence-electron chi connectivity index (χ3n) is 9.50. The highest BCUT2D eigenvalue weighted by Crippen LogP contribution is 2.44. The standard InChI is InChI=1S/C45H35N3O5S2/c1-29-10-5-6-14-34(29)27-53-37-24-20-33(21-25-37)41(49)39-40(32-18-22-36(23-19-32)52-26-30-11-3-2-4-12-30)48(43(51)42(39)50)44-46-47-45(55-44)54-28-35-16-9-15-31-13-7-8-17-38(31)35/h2-25,40,49H,26-28H2,1H3. The fraction of sp³-hybridized carbons (Fsp3) is 0.111. The predicted octanol–water partition coefficient (Wildman–Crippen LogP) is 10.1. The largest absolute Gasteiger partial charge is 0.507 e. The number of rotatable bonds is 12. The van der Waals surface area contributed by atoms with E-state index in [1.807, 2.05) is 79.7 Å². The minimum atomic E-state index is -0.968. The van der Waals surface area contributed by atoms with Crippen LogP contribution in [0.4, 0.5) is 5.13 Å². The number of ketones is 1. The third-order valence-corrected chi connectivity index (χ3v) is 11.6. The van der Waals surface area contributed by atoms with Crippen molar-refractivity contribution in [1.29, 1.82) is 0 Å². The van der Waals surface area contributed by atoms with Gasteiger partial charge in [0.25, 0.3) is 5.78 Å². The van der Waals surface area contributed by atoms with E-state index in [-0.39, 0.29) is 16.5 Å². The van der Waals surface area contributed by atoms with Crippen molar-refractivity contribution in [3.8, 4) is 11.5 Å². The van der Waals surface area contributed by atoms with Crippen LogP contribution in [0.1, 0.15) is 39.4 Å². The number of thioether (sulfide) groups is 1. The molecule has 1 atom stereocenters. The summed E-state index contributed by atoms with van der Waals surface area (Å²) in [7, 11) is 0. The number of Topliss-reactive ketones (excluding diaryl/α,β-unsaturated/α-hetero) is 1. The van der Waals surface area contributed by atoms with Crippen LogP contribution >= 0.6 is 23.1 Å². The van der Waals surface area contributed by atoms with E-state index in [4.69, 9.17) is 9.47 Å². The Hall–Kier alpha value is -6.23. The van der Waals surface area contributed by atoms with Gasteiger partial charge in [0.05, 0.1) is 11.6 Å². The van der Waals surface area contributed by atoms with E-state index < -0.39 is 17.7 Å². The molecule has 1 amide bonds. The lowest BCUT2D eigenvalue weighted by Gasteiger charge is -2.22. The highest BCUT2D eigenvalue weighted by atomic mass is 32.2. The molecule has 1 aliphatic heterocycles. The fourth-order valence-corrected chi connectivity index (χ4v) is 8.42. The molecule has 10 heteroatoms. The summed E-state index contributed by atoms with van der Waals surface area (Å²) in [4.78, 5) is 29.2. The summed E-state index contributed by atoms with van der Waals surface area (Å²) in [5.74, 6) is -0.0364. The predicted molar refractivity (Wildman–Crippen MR) is 217 cm³/mol. The number of ether oxygens (including phenoxy) is 2. The zero-order valence-corrected chi connectivity index (χ0v) is 31.4. The van der Waals surface area contributed by atoms with Crippen LogP contribution in [0.25, 0.3) is 16.5 Å². The van der Waals surface area contributed by atoms with Gasteiger partial charge in [0, 0.05) is 11.3 Å². The number of amides is 1. The number of carbonyl (C=O) groups is 2. The Labute approximate surface area is 326 Å². The molecular formula is C45H35N3O5S2. The summed E-state index contributed by atoms with van der Waals surface area (Å²) >= 11 is 2.75. The van der Waals surface area contributed by atoms with Gasteiger partial charge in [-0.25, -0.2) is 0 Å². The van der Waals surface area contributed by atoms with Gasteiger partial charge in [-0.05, 0) is 81.9 Å². The maximum atomic E-state index is 13.9. The molecule has 7 aromatic rings. The summed E-state index contributed by atoms with van der Waals surface area (Å²) in [5.41, 5.74) is 5.31. The summed E-state index contributed by atoms with van der Waals surface area (Å²) in [6.45, 7) is 2.80. The van der Waals surface area contributed by atoms with Crippen LogP contribution in [0.2, 0.25) is 0 Å². The topological polar surface area (TPSA) is 102 Å². The molecule has 6 aromatic carbocycles. The number of carbonyl (C=O) groups excluding carboxylic acids is 2. The molecule has 1 saturated heterocycles. The van der Waals surface area contributed by atoms with Gasteiger partial charge in [-0.3, -0.25) is 14.5 Å². The lowest BCUT2D eigenvalue weighted by molar-refractivity contribution is -0.132. The Kier molecular flexibility index (Phi) is 10.4. The van der Waals surface area contributed by atoms with Crippen LogP contribution in [0.5, 0.6) is 11.5 Å². The molecule has 0 aliphatic carbocycles.